The zero-order valence-corrected chi connectivity index (χ0v) is 15.8. The van der Waals surface area contributed by atoms with E-state index in [0.717, 1.165) is 18.8 Å². The molecule has 0 radical (unpaired) electrons. The number of amides is 1. The van der Waals surface area contributed by atoms with Crippen LogP contribution in [-0.4, -0.2) is 33.5 Å². The molecule has 27 heavy (non-hydrogen) atoms. The first-order chi connectivity index (χ1) is 12.9. The summed E-state index contributed by atoms with van der Waals surface area (Å²) in [6, 6.07) is 11.8. The Bertz CT molecular complexity index is 967. The van der Waals surface area contributed by atoms with Gasteiger partial charge in [0.1, 0.15) is 5.75 Å². The van der Waals surface area contributed by atoms with Gasteiger partial charge in [0.2, 0.25) is 0 Å². The molecule has 1 unspecified atom stereocenters. The third-order valence-electron chi connectivity index (χ3n) is 4.78. The molecule has 142 valence electrons. The van der Waals surface area contributed by atoms with Gasteiger partial charge in [0.25, 0.3) is 15.9 Å². The molecule has 1 atom stereocenters. The van der Waals surface area contributed by atoms with E-state index in [2.05, 4.69) is 14.9 Å². The van der Waals surface area contributed by atoms with Crippen molar-refractivity contribution in [2.45, 2.75) is 30.8 Å². The highest BCUT2D eigenvalue weighted by molar-refractivity contribution is 7.92. The van der Waals surface area contributed by atoms with E-state index in [4.69, 9.17) is 4.74 Å². The van der Waals surface area contributed by atoms with Crippen LogP contribution in [0.15, 0.2) is 47.4 Å². The summed E-state index contributed by atoms with van der Waals surface area (Å²) >= 11 is 0. The Hall–Kier alpha value is -2.74. The molecule has 2 aromatic carbocycles. The van der Waals surface area contributed by atoms with Crippen molar-refractivity contribution < 1.29 is 17.9 Å². The van der Waals surface area contributed by atoms with Gasteiger partial charge in [0.05, 0.1) is 10.6 Å². The number of carbonyl (C=O) groups is 1. The number of sulfonamides is 1. The maximum Gasteiger partial charge on any atom is 0.265 e. The highest BCUT2D eigenvalue weighted by Crippen LogP contribution is 2.32. The fraction of sp³-hybridized carbons (Fsp3) is 0.316. The van der Waals surface area contributed by atoms with Crippen LogP contribution in [0.3, 0.4) is 0 Å². The predicted molar refractivity (Wildman–Crippen MR) is 104 cm³/mol. The molecular formula is C19H21N3O4S. The van der Waals surface area contributed by atoms with Crippen molar-refractivity contribution >= 4 is 33.0 Å². The van der Waals surface area contributed by atoms with Crippen LogP contribution in [0.4, 0.5) is 17.1 Å². The van der Waals surface area contributed by atoms with Crippen LogP contribution in [0.1, 0.15) is 19.8 Å². The van der Waals surface area contributed by atoms with Crippen LogP contribution >= 0.6 is 0 Å². The van der Waals surface area contributed by atoms with Crippen LogP contribution in [0, 0.1) is 0 Å². The Balaban J connectivity index is 1.53. The third-order valence-corrected chi connectivity index (χ3v) is 6.16. The molecule has 1 fully saturated rings. The molecule has 0 aromatic heterocycles. The Morgan fingerprint density at radius 3 is 2.52 bits per heavy atom. The molecular weight excluding hydrogens is 366 g/mol. The van der Waals surface area contributed by atoms with E-state index in [9.17, 15) is 13.2 Å². The molecule has 7 nitrogen and oxygen atoms in total. The number of hydrogen-bond acceptors (Lipinski definition) is 5. The molecule has 1 saturated heterocycles. The second kappa shape index (κ2) is 6.77. The van der Waals surface area contributed by atoms with Crippen molar-refractivity contribution in [2.75, 3.05) is 28.0 Å². The van der Waals surface area contributed by atoms with Gasteiger partial charge in [-0.15, -0.1) is 0 Å². The normalized spacial score (nSPS) is 19.2. The summed E-state index contributed by atoms with van der Waals surface area (Å²) in [5, 5.41) is 2.66. The van der Waals surface area contributed by atoms with E-state index in [1.165, 1.54) is 25.0 Å². The summed E-state index contributed by atoms with van der Waals surface area (Å²) in [5.74, 6) is 0.151. The van der Waals surface area contributed by atoms with Gasteiger partial charge in [-0.3, -0.25) is 9.52 Å². The van der Waals surface area contributed by atoms with Crippen molar-refractivity contribution in [3.05, 3.63) is 42.5 Å². The van der Waals surface area contributed by atoms with Gasteiger partial charge in [0.15, 0.2) is 6.10 Å². The molecule has 8 heteroatoms. The van der Waals surface area contributed by atoms with E-state index < -0.39 is 16.1 Å². The van der Waals surface area contributed by atoms with Gasteiger partial charge < -0.3 is 15.0 Å². The summed E-state index contributed by atoms with van der Waals surface area (Å²) in [4.78, 5) is 14.1. The molecule has 2 aromatic rings. The molecule has 2 heterocycles. The first-order valence-electron chi connectivity index (χ1n) is 8.92. The lowest BCUT2D eigenvalue weighted by Gasteiger charge is -2.23. The fourth-order valence-electron chi connectivity index (χ4n) is 3.28. The second-order valence-corrected chi connectivity index (χ2v) is 8.44. The predicted octanol–water partition coefficient (Wildman–Crippen LogP) is 2.81. The number of anilines is 3. The number of nitrogens with zero attached hydrogens (tertiary/aromatic N) is 1. The lowest BCUT2D eigenvalue weighted by Crippen LogP contribution is -2.34. The number of hydrogen-bond donors (Lipinski definition) is 2. The minimum Gasteiger partial charge on any atom is -0.479 e. The molecule has 1 amide bonds. The monoisotopic (exact) mass is 387 g/mol. The van der Waals surface area contributed by atoms with Crippen LogP contribution < -0.4 is 19.7 Å². The van der Waals surface area contributed by atoms with Crippen molar-refractivity contribution in [3.8, 4) is 5.75 Å². The van der Waals surface area contributed by atoms with Crippen LogP contribution in [0.5, 0.6) is 5.75 Å². The molecule has 0 bridgehead atoms. The molecule has 0 saturated carbocycles. The molecule has 0 spiro atoms. The molecule has 0 aliphatic carbocycles. The lowest BCUT2D eigenvalue weighted by atomic mass is 10.2. The Morgan fingerprint density at radius 2 is 1.81 bits per heavy atom. The standard InChI is InChI=1S/C19H21N3O4S/c1-13-19(23)20-17-12-16(8-9-18(17)26-13)27(24,25)21-14-4-6-15(7-5-14)22-10-2-3-11-22/h4-9,12-13,21H,2-3,10-11H2,1H3,(H,20,23). The van der Waals surface area contributed by atoms with E-state index >= 15 is 0 Å². The number of fused-ring (bicyclic) bond motifs is 1. The Morgan fingerprint density at radius 1 is 1.11 bits per heavy atom. The van der Waals surface area contributed by atoms with Crippen molar-refractivity contribution in [3.63, 3.8) is 0 Å². The Kier molecular flexibility index (Phi) is 4.43. The number of carbonyl (C=O) groups excluding carboxylic acids is 1. The quantitative estimate of drug-likeness (QED) is 0.842. The largest absolute Gasteiger partial charge is 0.479 e. The topological polar surface area (TPSA) is 87.7 Å². The van der Waals surface area contributed by atoms with E-state index in [1.807, 2.05) is 12.1 Å². The summed E-state index contributed by atoms with van der Waals surface area (Å²) in [6.45, 7) is 3.70. The first-order valence-corrected chi connectivity index (χ1v) is 10.4. The van der Waals surface area contributed by atoms with Gasteiger partial charge in [-0.1, -0.05) is 0 Å². The molecule has 2 N–H and O–H groups in total. The van der Waals surface area contributed by atoms with Gasteiger partial charge in [-0.25, -0.2) is 8.42 Å². The lowest BCUT2D eigenvalue weighted by molar-refractivity contribution is -0.122. The van der Waals surface area contributed by atoms with Crippen molar-refractivity contribution in [1.82, 2.24) is 0 Å². The van der Waals surface area contributed by atoms with E-state index in [0.29, 0.717) is 17.1 Å². The molecule has 2 aliphatic rings. The Labute approximate surface area is 158 Å². The van der Waals surface area contributed by atoms with Crippen molar-refractivity contribution in [2.24, 2.45) is 0 Å². The maximum absolute atomic E-state index is 12.7. The van der Waals surface area contributed by atoms with Crippen LogP contribution in [0.2, 0.25) is 0 Å². The summed E-state index contributed by atoms with van der Waals surface area (Å²) in [5.41, 5.74) is 1.94. The maximum atomic E-state index is 12.7. The van der Waals surface area contributed by atoms with Crippen LogP contribution in [0.25, 0.3) is 0 Å². The average Bonchev–Trinajstić information content (AvgIpc) is 3.17. The second-order valence-electron chi connectivity index (χ2n) is 6.75. The number of ether oxygens (including phenoxy) is 1. The zero-order chi connectivity index (χ0) is 19.0. The zero-order valence-electron chi connectivity index (χ0n) is 14.9. The summed E-state index contributed by atoms with van der Waals surface area (Å²) in [6.07, 6.45) is 1.77. The fourth-order valence-corrected chi connectivity index (χ4v) is 4.37. The van der Waals surface area contributed by atoms with Gasteiger partial charge in [-0.2, -0.15) is 0 Å². The highest BCUT2D eigenvalue weighted by Gasteiger charge is 2.25. The minimum absolute atomic E-state index is 0.0586. The summed E-state index contributed by atoms with van der Waals surface area (Å²) in [7, 11) is -3.78. The molecule has 2 aliphatic heterocycles. The van der Waals surface area contributed by atoms with E-state index in [1.54, 1.807) is 25.1 Å². The van der Waals surface area contributed by atoms with Gasteiger partial charge in [-0.05, 0) is 62.2 Å². The first kappa shape index (κ1) is 17.7. The van der Waals surface area contributed by atoms with Crippen LogP contribution in [-0.2, 0) is 14.8 Å². The average molecular weight is 387 g/mol. The summed E-state index contributed by atoms with van der Waals surface area (Å²) < 4.78 is 33.4. The van der Waals surface area contributed by atoms with E-state index in [-0.39, 0.29) is 10.8 Å². The highest BCUT2D eigenvalue weighted by atomic mass is 32.2. The van der Waals surface area contributed by atoms with Gasteiger partial charge >= 0.3 is 0 Å². The third kappa shape index (κ3) is 3.57. The SMILES string of the molecule is CC1Oc2ccc(S(=O)(=O)Nc3ccc(N4CCCC4)cc3)cc2NC1=O. The van der Waals surface area contributed by atoms with Crippen molar-refractivity contribution in [1.29, 1.82) is 0 Å². The van der Waals surface area contributed by atoms with Gasteiger partial charge in [0, 0.05) is 24.5 Å². The number of benzene rings is 2. The number of rotatable bonds is 4. The smallest absolute Gasteiger partial charge is 0.265 e. The molecule has 4 rings (SSSR count). The minimum atomic E-state index is -3.78. The number of nitrogens with one attached hydrogen (secondary N) is 2.